The summed E-state index contributed by atoms with van der Waals surface area (Å²) in [6, 6.07) is 18.4. The van der Waals surface area contributed by atoms with Crippen LogP contribution in [0.4, 0.5) is 5.69 Å². The van der Waals surface area contributed by atoms with Crippen LogP contribution in [-0.4, -0.2) is 4.92 Å². The lowest BCUT2D eigenvalue weighted by molar-refractivity contribution is -0.384. The van der Waals surface area contributed by atoms with E-state index in [1.165, 1.54) is 12.3 Å². The molecule has 0 aliphatic rings. The molecular weight excluding hydrogens is 286 g/mol. The summed E-state index contributed by atoms with van der Waals surface area (Å²) >= 11 is 1.56. The molecule has 1 aromatic heterocycles. The topological polar surface area (TPSA) is 56.3 Å². The van der Waals surface area contributed by atoms with Crippen LogP contribution in [0.25, 0.3) is 11.3 Å². The lowest BCUT2D eigenvalue weighted by atomic mass is 10.1. The van der Waals surface area contributed by atoms with E-state index in [4.69, 9.17) is 4.42 Å². The number of nitro groups is 1. The number of hydrogen-bond donors (Lipinski definition) is 0. The highest BCUT2D eigenvalue weighted by molar-refractivity contribution is 7.99. The zero-order valence-corrected chi connectivity index (χ0v) is 11.7. The quantitative estimate of drug-likeness (QED) is 0.502. The molecule has 0 bridgehead atoms. The van der Waals surface area contributed by atoms with Crippen LogP contribution in [0.3, 0.4) is 0 Å². The first-order valence-electron chi connectivity index (χ1n) is 6.29. The Kier molecular flexibility index (Phi) is 3.75. The van der Waals surface area contributed by atoms with E-state index in [0.29, 0.717) is 11.3 Å². The van der Waals surface area contributed by atoms with Gasteiger partial charge in [-0.25, -0.2) is 0 Å². The first-order chi connectivity index (χ1) is 10.2. The Morgan fingerprint density at radius 2 is 1.76 bits per heavy atom. The van der Waals surface area contributed by atoms with Gasteiger partial charge in [0.1, 0.15) is 5.76 Å². The van der Waals surface area contributed by atoms with Crippen molar-refractivity contribution in [3.8, 4) is 11.3 Å². The molecule has 5 heteroatoms. The number of nitro benzene ring substituents is 1. The highest BCUT2D eigenvalue weighted by atomic mass is 32.2. The van der Waals surface area contributed by atoms with E-state index < -0.39 is 4.92 Å². The normalized spacial score (nSPS) is 10.5. The number of hydrogen-bond acceptors (Lipinski definition) is 4. The molecule has 0 saturated carbocycles. The molecule has 0 atom stereocenters. The predicted molar refractivity (Wildman–Crippen MR) is 81.4 cm³/mol. The number of benzene rings is 2. The zero-order valence-electron chi connectivity index (χ0n) is 10.9. The molecular formula is C16H11NO3S. The Labute approximate surface area is 125 Å². The second-order valence-electron chi connectivity index (χ2n) is 4.33. The van der Waals surface area contributed by atoms with Crippen molar-refractivity contribution in [2.75, 3.05) is 0 Å². The van der Waals surface area contributed by atoms with Crippen molar-refractivity contribution in [2.24, 2.45) is 0 Å². The molecule has 2 aromatic carbocycles. The van der Waals surface area contributed by atoms with Crippen molar-refractivity contribution in [3.63, 3.8) is 0 Å². The largest absolute Gasteiger partial charge is 0.464 e. The van der Waals surface area contributed by atoms with Gasteiger partial charge in [-0.1, -0.05) is 30.0 Å². The third-order valence-electron chi connectivity index (χ3n) is 2.93. The molecule has 0 N–H and O–H groups in total. The minimum atomic E-state index is -0.394. The van der Waals surface area contributed by atoms with Crippen LogP contribution in [0.1, 0.15) is 0 Å². The fraction of sp³-hybridized carbons (Fsp3) is 0. The summed E-state index contributed by atoms with van der Waals surface area (Å²) in [7, 11) is 0. The highest BCUT2D eigenvalue weighted by Gasteiger charge is 2.18. The molecule has 1 heterocycles. The molecule has 104 valence electrons. The van der Waals surface area contributed by atoms with E-state index in [9.17, 15) is 10.1 Å². The van der Waals surface area contributed by atoms with E-state index in [1.54, 1.807) is 36.0 Å². The molecule has 0 aliphatic heterocycles. The summed E-state index contributed by atoms with van der Waals surface area (Å²) < 4.78 is 5.30. The van der Waals surface area contributed by atoms with Crippen molar-refractivity contribution in [1.82, 2.24) is 0 Å². The molecule has 0 aliphatic carbocycles. The Balaban J connectivity index is 2.01. The summed E-state index contributed by atoms with van der Waals surface area (Å²) in [5, 5.41) is 11.1. The molecule has 0 amide bonds. The van der Waals surface area contributed by atoms with Gasteiger partial charge < -0.3 is 4.42 Å². The van der Waals surface area contributed by atoms with Crippen LogP contribution in [0.2, 0.25) is 0 Å². The van der Waals surface area contributed by atoms with Crippen LogP contribution < -0.4 is 0 Å². The number of furan rings is 1. The monoisotopic (exact) mass is 297 g/mol. The van der Waals surface area contributed by atoms with Gasteiger partial charge in [-0.05, 0) is 36.4 Å². The Morgan fingerprint density at radius 3 is 2.43 bits per heavy atom. The zero-order chi connectivity index (χ0) is 14.7. The van der Waals surface area contributed by atoms with Crippen molar-refractivity contribution in [3.05, 3.63) is 77.0 Å². The van der Waals surface area contributed by atoms with Gasteiger partial charge in [0.05, 0.1) is 16.7 Å². The summed E-state index contributed by atoms with van der Waals surface area (Å²) in [4.78, 5) is 12.8. The van der Waals surface area contributed by atoms with E-state index >= 15 is 0 Å². The standard InChI is InChI=1S/C16H11NO3S/c18-17(19)15-9-8-13(21-12-5-2-1-3-6-12)11-14(15)16-7-4-10-20-16/h1-11H. The number of nitrogens with zero attached hydrogens (tertiary/aromatic N) is 1. The maximum atomic E-state index is 11.1. The summed E-state index contributed by atoms with van der Waals surface area (Å²) in [6.45, 7) is 0. The molecule has 0 fully saturated rings. The van der Waals surface area contributed by atoms with Crippen LogP contribution in [0, 0.1) is 10.1 Å². The third kappa shape index (κ3) is 2.98. The maximum absolute atomic E-state index is 11.1. The van der Waals surface area contributed by atoms with Gasteiger partial charge in [-0.3, -0.25) is 10.1 Å². The molecule has 21 heavy (non-hydrogen) atoms. The first kappa shape index (κ1) is 13.5. The van der Waals surface area contributed by atoms with E-state index in [2.05, 4.69) is 0 Å². The predicted octanol–water partition coefficient (Wildman–Crippen LogP) is 5.01. The van der Waals surface area contributed by atoms with Gasteiger partial charge in [-0.15, -0.1) is 0 Å². The van der Waals surface area contributed by atoms with Crippen LogP contribution in [0.15, 0.2) is 81.1 Å². The lowest BCUT2D eigenvalue weighted by Gasteiger charge is -2.05. The van der Waals surface area contributed by atoms with Crippen molar-refractivity contribution in [1.29, 1.82) is 0 Å². The highest BCUT2D eigenvalue weighted by Crippen LogP contribution is 2.36. The third-order valence-corrected chi connectivity index (χ3v) is 3.93. The minimum absolute atomic E-state index is 0.0439. The Bertz CT molecular complexity index is 754. The Morgan fingerprint density at radius 1 is 0.952 bits per heavy atom. The van der Waals surface area contributed by atoms with E-state index in [-0.39, 0.29) is 5.69 Å². The fourth-order valence-electron chi connectivity index (χ4n) is 1.99. The van der Waals surface area contributed by atoms with Gasteiger partial charge in [0.25, 0.3) is 5.69 Å². The molecule has 4 nitrogen and oxygen atoms in total. The minimum Gasteiger partial charge on any atom is -0.464 e. The van der Waals surface area contributed by atoms with Crippen LogP contribution in [0.5, 0.6) is 0 Å². The van der Waals surface area contributed by atoms with Crippen molar-refractivity contribution in [2.45, 2.75) is 9.79 Å². The van der Waals surface area contributed by atoms with Crippen LogP contribution in [-0.2, 0) is 0 Å². The van der Waals surface area contributed by atoms with Gasteiger partial charge in [-0.2, -0.15) is 0 Å². The summed E-state index contributed by atoms with van der Waals surface area (Å²) in [6.07, 6.45) is 1.51. The second kappa shape index (κ2) is 5.85. The fourth-order valence-corrected chi connectivity index (χ4v) is 2.87. The summed E-state index contributed by atoms with van der Waals surface area (Å²) in [5.74, 6) is 0.497. The average molecular weight is 297 g/mol. The van der Waals surface area contributed by atoms with Gasteiger partial charge in [0, 0.05) is 15.9 Å². The molecule has 0 spiro atoms. The Hall–Kier alpha value is -2.53. The van der Waals surface area contributed by atoms with Gasteiger partial charge in [0.2, 0.25) is 0 Å². The molecule has 3 aromatic rings. The van der Waals surface area contributed by atoms with Crippen LogP contribution >= 0.6 is 11.8 Å². The van der Waals surface area contributed by atoms with E-state index in [0.717, 1.165) is 9.79 Å². The molecule has 3 rings (SSSR count). The second-order valence-corrected chi connectivity index (χ2v) is 5.48. The maximum Gasteiger partial charge on any atom is 0.280 e. The lowest BCUT2D eigenvalue weighted by Crippen LogP contribution is -1.91. The van der Waals surface area contributed by atoms with Crippen molar-refractivity contribution < 1.29 is 9.34 Å². The molecule has 0 unspecified atom stereocenters. The number of rotatable bonds is 4. The molecule has 0 radical (unpaired) electrons. The molecule has 0 saturated heterocycles. The first-order valence-corrected chi connectivity index (χ1v) is 7.11. The van der Waals surface area contributed by atoms with E-state index in [1.807, 2.05) is 30.3 Å². The van der Waals surface area contributed by atoms with Gasteiger partial charge in [0.15, 0.2) is 0 Å². The van der Waals surface area contributed by atoms with Crippen molar-refractivity contribution >= 4 is 17.4 Å². The smallest absolute Gasteiger partial charge is 0.280 e. The van der Waals surface area contributed by atoms with Gasteiger partial charge >= 0.3 is 0 Å². The SMILES string of the molecule is O=[N+]([O-])c1ccc(Sc2ccccc2)cc1-c1ccco1. The summed E-state index contributed by atoms with van der Waals surface area (Å²) in [5.41, 5.74) is 0.535. The average Bonchev–Trinajstić information content (AvgIpc) is 3.02.